The van der Waals surface area contributed by atoms with E-state index < -0.39 is 0 Å². The number of aliphatic hydroxyl groups excluding tert-OH is 1. The summed E-state index contributed by atoms with van der Waals surface area (Å²) in [7, 11) is 0. The fourth-order valence-corrected chi connectivity index (χ4v) is 3.20. The summed E-state index contributed by atoms with van der Waals surface area (Å²) in [6.07, 6.45) is 5.19. The molecule has 0 aromatic heterocycles. The van der Waals surface area contributed by atoms with Crippen molar-refractivity contribution in [3.63, 3.8) is 0 Å². The zero-order chi connectivity index (χ0) is 13.0. The Morgan fingerprint density at radius 1 is 1.47 bits per heavy atom. The molecule has 1 aliphatic heterocycles. The summed E-state index contributed by atoms with van der Waals surface area (Å²) in [4.78, 5) is 12.1. The molecule has 1 saturated carbocycles. The van der Waals surface area contributed by atoms with Gasteiger partial charge in [0.15, 0.2) is 0 Å². The van der Waals surface area contributed by atoms with Crippen molar-refractivity contribution in [3.8, 4) is 0 Å². The van der Waals surface area contributed by atoms with E-state index in [1.54, 1.807) is 0 Å². The molecule has 1 saturated heterocycles. The maximum absolute atomic E-state index is 12.1. The Balaban J connectivity index is 0.00000180. The van der Waals surface area contributed by atoms with Crippen LogP contribution in [0.4, 0.5) is 0 Å². The molecule has 3 N–H and O–H groups in total. The van der Waals surface area contributed by atoms with Crippen molar-refractivity contribution in [3.05, 3.63) is 0 Å². The molecule has 1 aliphatic carbocycles. The fraction of sp³-hybridized carbons (Fsp3) is 0.929. The molecule has 112 valence electrons. The number of carbonyl (C=O) groups excluding carboxylic acids is 1. The number of aliphatic hydroxyl groups is 1. The third-order valence-electron chi connectivity index (χ3n) is 4.79. The van der Waals surface area contributed by atoms with Crippen LogP contribution in [0.1, 0.15) is 39.0 Å². The summed E-state index contributed by atoms with van der Waals surface area (Å²) >= 11 is 0. The van der Waals surface area contributed by atoms with Crippen molar-refractivity contribution in [2.75, 3.05) is 26.2 Å². The second kappa shape index (κ2) is 7.46. The summed E-state index contributed by atoms with van der Waals surface area (Å²) in [5.74, 6) is 0.918. The van der Waals surface area contributed by atoms with Gasteiger partial charge in [-0.1, -0.05) is 13.3 Å². The van der Waals surface area contributed by atoms with E-state index in [-0.39, 0.29) is 30.8 Å². The molecule has 2 rings (SSSR count). The van der Waals surface area contributed by atoms with E-state index in [0.29, 0.717) is 11.3 Å². The minimum atomic E-state index is 0. The summed E-state index contributed by atoms with van der Waals surface area (Å²) in [6.45, 7) is 5.17. The summed E-state index contributed by atoms with van der Waals surface area (Å²) < 4.78 is 0. The highest BCUT2D eigenvalue weighted by atomic mass is 35.5. The summed E-state index contributed by atoms with van der Waals surface area (Å²) in [5.41, 5.74) is 0.327. The molecule has 19 heavy (non-hydrogen) atoms. The number of piperidine rings is 1. The van der Waals surface area contributed by atoms with Crippen LogP contribution in [0.3, 0.4) is 0 Å². The van der Waals surface area contributed by atoms with Crippen molar-refractivity contribution in [2.45, 2.75) is 39.0 Å². The van der Waals surface area contributed by atoms with Gasteiger partial charge < -0.3 is 15.7 Å². The first-order valence-corrected chi connectivity index (χ1v) is 7.31. The first-order chi connectivity index (χ1) is 8.72. The predicted molar refractivity (Wildman–Crippen MR) is 78.4 cm³/mol. The molecular formula is C14H27ClN2O2. The molecule has 0 aromatic carbocycles. The van der Waals surface area contributed by atoms with E-state index >= 15 is 0 Å². The largest absolute Gasteiger partial charge is 0.396 e. The van der Waals surface area contributed by atoms with Crippen LogP contribution in [-0.4, -0.2) is 37.3 Å². The van der Waals surface area contributed by atoms with Gasteiger partial charge in [0.1, 0.15) is 0 Å². The van der Waals surface area contributed by atoms with Crippen molar-refractivity contribution in [2.24, 2.45) is 17.3 Å². The lowest BCUT2D eigenvalue weighted by atomic mass is 9.91. The summed E-state index contributed by atoms with van der Waals surface area (Å²) in [5, 5.41) is 15.4. The van der Waals surface area contributed by atoms with Gasteiger partial charge in [0, 0.05) is 19.1 Å². The van der Waals surface area contributed by atoms with Gasteiger partial charge in [-0.05, 0) is 50.1 Å². The van der Waals surface area contributed by atoms with Crippen LogP contribution in [0.15, 0.2) is 0 Å². The predicted octanol–water partition coefficient (Wildman–Crippen LogP) is 1.32. The molecule has 2 aliphatic rings. The SMILES string of the molecule is CCC(CCO)CNC(=O)C1CC12CCNCC2.Cl. The molecule has 1 spiro atoms. The molecule has 1 heterocycles. The maximum atomic E-state index is 12.1. The fourth-order valence-electron chi connectivity index (χ4n) is 3.20. The lowest BCUT2D eigenvalue weighted by molar-refractivity contribution is -0.123. The molecule has 2 atom stereocenters. The zero-order valence-electron chi connectivity index (χ0n) is 11.8. The number of rotatable bonds is 6. The summed E-state index contributed by atoms with van der Waals surface area (Å²) in [6, 6.07) is 0. The van der Waals surface area contributed by atoms with Crippen molar-refractivity contribution in [1.82, 2.24) is 10.6 Å². The molecule has 1 amide bonds. The van der Waals surface area contributed by atoms with Crippen LogP contribution >= 0.6 is 12.4 Å². The minimum Gasteiger partial charge on any atom is -0.396 e. The van der Waals surface area contributed by atoms with Crippen LogP contribution in [0.5, 0.6) is 0 Å². The second-order valence-corrected chi connectivity index (χ2v) is 5.90. The Bertz CT molecular complexity index is 293. The molecule has 5 heteroatoms. The van der Waals surface area contributed by atoms with E-state index in [1.165, 1.54) is 0 Å². The lowest BCUT2D eigenvalue weighted by Crippen LogP contribution is -2.35. The molecule has 4 nitrogen and oxygen atoms in total. The average molecular weight is 291 g/mol. The van der Waals surface area contributed by atoms with Crippen molar-refractivity contribution < 1.29 is 9.90 Å². The molecule has 0 radical (unpaired) electrons. The Morgan fingerprint density at radius 3 is 2.74 bits per heavy atom. The lowest BCUT2D eigenvalue weighted by Gasteiger charge is -2.23. The second-order valence-electron chi connectivity index (χ2n) is 5.90. The van der Waals surface area contributed by atoms with Crippen LogP contribution in [-0.2, 0) is 4.79 Å². The van der Waals surface area contributed by atoms with Crippen molar-refractivity contribution >= 4 is 18.3 Å². The van der Waals surface area contributed by atoms with Gasteiger partial charge in [0.05, 0.1) is 0 Å². The Morgan fingerprint density at radius 2 is 2.16 bits per heavy atom. The Kier molecular flexibility index (Phi) is 6.57. The van der Waals surface area contributed by atoms with Gasteiger partial charge >= 0.3 is 0 Å². The van der Waals surface area contributed by atoms with Crippen LogP contribution in [0.2, 0.25) is 0 Å². The number of carbonyl (C=O) groups is 1. The average Bonchev–Trinajstić information content (AvgIpc) is 3.08. The molecule has 0 aromatic rings. The Hall–Kier alpha value is -0.320. The number of hydrogen-bond acceptors (Lipinski definition) is 3. The smallest absolute Gasteiger partial charge is 0.223 e. The number of nitrogens with one attached hydrogen (secondary N) is 2. The van der Waals surface area contributed by atoms with E-state index in [0.717, 1.165) is 51.7 Å². The van der Waals surface area contributed by atoms with Gasteiger partial charge in [0.25, 0.3) is 0 Å². The molecule has 2 unspecified atom stereocenters. The monoisotopic (exact) mass is 290 g/mol. The van der Waals surface area contributed by atoms with Gasteiger partial charge in [-0.25, -0.2) is 0 Å². The Labute approximate surface area is 122 Å². The first-order valence-electron chi connectivity index (χ1n) is 7.31. The van der Waals surface area contributed by atoms with Crippen LogP contribution in [0, 0.1) is 17.3 Å². The third-order valence-corrected chi connectivity index (χ3v) is 4.79. The van der Waals surface area contributed by atoms with E-state index in [1.807, 2.05) is 0 Å². The third kappa shape index (κ3) is 4.07. The zero-order valence-corrected chi connectivity index (χ0v) is 12.6. The van der Waals surface area contributed by atoms with E-state index in [2.05, 4.69) is 17.6 Å². The highest BCUT2D eigenvalue weighted by Crippen LogP contribution is 2.58. The highest BCUT2D eigenvalue weighted by molar-refractivity contribution is 5.85. The van der Waals surface area contributed by atoms with E-state index in [9.17, 15) is 4.79 Å². The van der Waals surface area contributed by atoms with Gasteiger partial charge in [-0.15, -0.1) is 12.4 Å². The number of amides is 1. The number of hydrogen-bond donors (Lipinski definition) is 3. The standard InChI is InChI=1S/C14H26N2O2.ClH/c1-2-11(3-8-17)10-16-13(18)12-9-14(12)4-6-15-7-5-14;/h11-12,15,17H,2-10H2,1H3,(H,16,18);1H. The minimum absolute atomic E-state index is 0. The van der Waals surface area contributed by atoms with Crippen LogP contribution < -0.4 is 10.6 Å². The van der Waals surface area contributed by atoms with Gasteiger partial charge in [-0.2, -0.15) is 0 Å². The molecular weight excluding hydrogens is 264 g/mol. The van der Waals surface area contributed by atoms with E-state index in [4.69, 9.17) is 5.11 Å². The maximum Gasteiger partial charge on any atom is 0.223 e. The quantitative estimate of drug-likeness (QED) is 0.691. The first kappa shape index (κ1) is 16.7. The highest BCUT2D eigenvalue weighted by Gasteiger charge is 2.57. The van der Waals surface area contributed by atoms with Gasteiger partial charge in [-0.3, -0.25) is 4.79 Å². The molecule has 0 bridgehead atoms. The van der Waals surface area contributed by atoms with Crippen molar-refractivity contribution in [1.29, 1.82) is 0 Å². The topological polar surface area (TPSA) is 61.4 Å². The normalized spacial score (nSPS) is 25.5. The molecule has 2 fully saturated rings. The van der Waals surface area contributed by atoms with Gasteiger partial charge in [0.2, 0.25) is 5.91 Å². The van der Waals surface area contributed by atoms with Crippen LogP contribution in [0.25, 0.3) is 0 Å². The number of halogens is 1.